The Morgan fingerprint density at radius 1 is 0.850 bits per heavy atom. The highest BCUT2D eigenvalue weighted by molar-refractivity contribution is 7.98. The lowest BCUT2D eigenvalue weighted by Crippen LogP contribution is -1.87. The third kappa shape index (κ3) is 2.27. The van der Waals surface area contributed by atoms with Gasteiger partial charge in [0.2, 0.25) is 0 Å². The summed E-state index contributed by atoms with van der Waals surface area (Å²) >= 11 is 1.78. The Kier molecular flexibility index (Phi) is 3.66. The van der Waals surface area contributed by atoms with E-state index in [2.05, 4.69) is 54.8 Å². The second-order valence-corrected chi connectivity index (χ2v) is 5.44. The van der Waals surface area contributed by atoms with Gasteiger partial charge < -0.3 is 4.74 Å². The molecule has 0 aromatic heterocycles. The molecule has 2 heteroatoms. The van der Waals surface area contributed by atoms with Crippen molar-refractivity contribution >= 4 is 22.5 Å². The quantitative estimate of drug-likeness (QED) is 0.607. The summed E-state index contributed by atoms with van der Waals surface area (Å²) in [6.45, 7) is 0. The predicted octanol–water partition coefficient (Wildman–Crippen LogP) is 5.24. The average molecular weight is 280 g/mol. The molecule has 0 aliphatic rings. The molecule has 0 unspecified atom stereocenters. The Morgan fingerprint density at radius 3 is 2.30 bits per heavy atom. The minimum Gasteiger partial charge on any atom is -0.497 e. The molecule has 20 heavy (non-hydrogen) atoms. The Labute approximate surface area is 123 Å². The van der Waals surface area contributed by atoms with Crippen molar-refractivity contribution in [1.29, 1.82) is 0 Å². The molecule has 0 saturated heterocycles. The van der Waals surface area contributed by atoms with Crippen LogP contribution in [-0.4, -0.2) is 13.4 Å². The minimum atomic E-state index is 0.889. The van der Waals surface area contributed by atoms with Gasteiger partial charge in [-0.3, -0.25) is 0 Å². The van der Waals surface area contributed by atoms with Crippen LogP contribution in [0.3, 0.4) is 0 Å². The van der Waals surface area contributed by atoms with Gasteiger partial charge >= 0.3 is 0 Å². The first-order valence-electron chi connectivity index (χ1n) is 6.53. The van der Waals surface area contributed by atoms with Crippen LogP contribution in [-0.2, 0) is 0 Å². The molecule has 0 atom stereocenters. The molecule has 1 nitrogen and oxygen atoms in total. The lowest BCUT2D eigenvalue weighted by atomic mass is 9.98. The van der Waals surface area contributed by atoms with Gasteiger partial charge in [0.25, 0.3) is 0 Å². The molecule has 0 bridgehead atoms. The lowest BCUT2D eigenvalue weighted by molar-refractivity contribution is 0.415. The van der Waals surface area contributed by atoms with Crippen LogP contribution < -0.4 is 4.74 Å². The zero-order valence-electron chi connectivity index (χ0n) is 11.6. The topological polar surface area (TPSA) is 9.23 Å². The van der Waals surface area contributed by atoms with Crippen LogP contribution in [0.15, 0.2) is 65.6 Å². The molecule has 0 heterocycles. The zero-order valence-corrected chi connectivity index (χ0v) is 12.4. The number of fused-ring (bicyclic) bond motifs is 1. The summed E-state index contributed by atoms with van der Waals surface area (Å²) < 4.78 is 5.24. The van der Waals surface area contributed by atoms with E-state index in [1.54, 1.807) is 18.9 Å². The third-order valence-electron chi connectivity index (χ3n) is 3.49. The fraction of sp³-hybridized carbons (Fsp3) is 0.111. The first-order chi connectivity index (χ1) is 9.83. The van der Waals surface area contributed by atoms with Gasteiger partial charge in [-0.15, -0.1) is 11.8 Å². The van der Waals surface area contributed by atoms with Gasteiger partial charge in [-0.2, -0.15) is 0 Å². The van der Waals surface area contributed by atoms with Crippen LogP contribution in [0.2, 0.25) is 0 Å². The number of ether oxygens (including phenoxy) is 1. The van der Waals surface area contributed by atoms with Gasteiger partial charge in [0, 0.05) is 10.5 Å². The smallest absolute Gasteiger partial charge is 0.118 e. The van der Waals surface area contributed by atoms with Gasteiger partial charge in [-0.25, -0.2) is 0 Å². The summed E-state index contributed by atoms with van der Waals surface area (Å²) in [5.41, 5.74) is 2.53. The number of methoxy groups -OCH3 is 1. The van der Waals surface area contributed by atoms with Crippen molar-refractivity contribution in [2.45, 2.75) is 4.90 Å². The van der Waals surface area contributed by atoms with E-state index in [9.17, 15) is 0 Å². The Hall–Kier alpha value is -1.93. The Balaban J connectivity index is 2.26. The van der Waals surface area contributed by atoms with Gasteiger partial charge in [0.15, 0.2) is 0 Å². The average Bonchev–Trinajstić information content (AvgIpc) is 2.54. The molecule has 100 valence electrons. The monoisotopic (exact) mass is 280 g/mol. The van der Waals surface area contributed by atoms with Crippen molar-refractivity contribution in [3.05, 3.63) is 60.7 Å². The molecule has 0 fully saturated rings. The van der Waals surface area contributed by atoms with E-state index < -0.39 is 0 Å². The van der Waals surface area contributed by atoms with E-state index >= 15 is 0 Å². The summed E-state index contributed by atoms with van der Waals surface area (Å²) in [6, 6.07) is 21.2. The molecule has 0 spiro atoms. The molecule has 0 amide bonds. The first-order valence-corrected chi connectivity index (χ1v) is 7.76. The molecule has 3 aromatic rings. The van der Waals surface area contributed by atoms with Crippen LogP contribution in [0.4, 0.5) is 0 Å². The summed E-state index contributed by atoms with van der Waals surface area (Å²) in [5, 5.41) is 2.57. The maximum atomic E-state index is 5.24. The van der Waals surface area contributed by atoms with E-state index in [1.165, 1.54) is 26.8 Å². The van der Waals surface area contributed by atoms with Gasteiger partial charge in [-0.05, 0) is 40.8 Å². The van der Waals surface area contributed by atoms with Crippen LogP contribution in [0.1, 0.15) is 0 Å². The minimum absolute atomic E-state index is 0.889. The zero-order chi connectivity index (χ0) is 13.9. The summed E-state index contributed by atoms with van der Waals surface area (Å²) in [5.74, 6) is 0.889. The fourth-order valence-corrected chi connectivity index (χ4v) is 3.11. The molecule has 0 N–H and O–H groups in total. The highest BCUT2D eigenvalue weighted by atomic mass is 32.2. The summed E-state index contributed by atoms with van der Waals surface area (Å²) in [6.07, 6.45) is 2.12. The number of benzene rings is 3. The van der Waals surface area contributed by atoms with E-state index in [0.29, 0.717) is 0 Å². The van der Waals surface area contributed by atoms with E-state index in [1.807, 2.05) is 12.1 Å². The number of hydrogen-bond donors (Lipinski definition) is 0. The van der Waals surface area contributed by atoms with Crippen molar-refractivity contribution in [3.8, 4) is 16.9 Å². The van der Waals surface area contributed by atoms with Gasteiger partial charge in [-0.1, -0.05) is 42.5 Å². The molecule has 0 radical (unpaired) electrons. The Bertz CT molecular complexity index is 732. The van der Waals surface area contributed by atoms with E-state index in [-0.39, 0.29) is 0 Å². The first kappa shape index (κ1) is 13.1. The van der Waals surface area contributed by atoms with Crippen LogP contribution in [0, 0.1) is 0 Å². The standard InChI is InChI=1S/C18H16OS/c1-19-15-10-7-14(8-11-15)18-16-6-4-3-5-13(16)9-12-17(18)20-2/h3-12H,1-2H3. The van der Waals surface area contributed by atoms with Crippen molar-refractivity contribution in [1.82, 2.24) is 0 Å². The summed E-state index contributed by atoms with van der Waals surface area (Å²) in [7, 11) is 1.69. The molecular formula is C18H16OS. The predicted molar refractivity (Wildman–Crippen MR) is 87.7 cm³/mol. The molecule has 0 saturated carbocycles. The number of hydrogen-bond acceptors (Lipinski definition) is 2. The van der Waals surface area contributed by atoms with Crippen LogP contribution in [0.25, 0.3) is 21.9 Å². The molecule has 0 aliphatic carbocycles. The van der Waals surface area contributed by atoms with E-state index in [0.717, 1.165) is 5.75 Å². The van der Waals surface area contributed by atoms with Gasteiger partial charge in [0.05, 0.1) is 7.11 Å². The molecule has 0 aliphatic heterocycles. The maximum Gasteiger partial charge on any atom is 0.118 e. The second-order valence-electron chi connectivity index (χ2n) is 4.59. The number of rotatable bonds is 3. The molecule has 3 rings (SSSR count). The van der Waals surface area contributed by atoms with Crippen molar-refractivity contribution in [2.24, 2.45) is 0 Å². The second kappa shape index (κ2) is 5.59. The molecule has 3 aromatic carbocycles. The van der Waals surface area contributed by atoms with Crippen molar-refractivity contribution < 1.29 is 4.74 Å². The van der Waals surface area contributed by atoms with Crippen LogP contribution >= 0.6 is 11.8 Å². The van der Waals surface area contributed by atoms with Gasteiger partial charge in [0.1, 0.15) is 5.75 Å². The maximum absolute atomic E-state index is 5.24. The third-order valence-corrected chi connectivity index (χ3v) is 4.27. The lowest BCUT2D eigenvalue weighted by Gasteiger charge is -2.12. The van der Waals surface area contributed by atoms with E-state index in [4.69, 9.17) is 4.74 Å². The highest BCUT2D eigenvalue weighted by Gasteiger charge is 2.09. The molecular weight excluding hydrogens is 264 g/mol. The Morgan fingerprint density at radius 2 is 1.60 bits per heavy atom. The van der Waals surface area contributed by atoms with Crippen molar-refractivity contribution in [3.63, 3.8) is 0 Å². The fourth-order valence-electron chi connectivity index (χ4n) is 2.48. The van der Waals surface area contributed by atoms with Crippen LogP contribution in [0.5, 0.6) is 5.75 Å². The largest absolute Gasteiger partial charge is 0.497 e. The number of thioether (sulfide) groups is 1. The van der Waals surface area contributed by atoms with Crippen molar-refractivity contribution in [2.75, 3.05) is 13.4 Å². The normalized spacial score (nSPS) is 10.7. The summed E-state index contributed by atoms with van der Waals surface area (Å²) in [4.78, 5) is 1.30. The SMILES string of the molecule is COc1ccc(-c2c(SC)ccc3ccccc23)cc1. The highest BCUT2D eigenvalue weighted by Crippen LogP contribution is 2.37.